The molecular formula is C25H28FN3O3. The number of aromatic nitrogens is 2. The molecule has 0 radical (unpaired) electrons. The molecule has 168 valence electrons. The first-order valence-corrected chi connectivity index (χ1v) is 10.9. The van der Waals surface area contributed by atoms with Gasteiger partial charge in [0.1, 0.15) is 11.4 Å². The predicted molar refractivity (Wildman–Crippen MR) is 120 cm³/mol. The molecule has 0 N–H and O–H groups in total. The van der Waals surface area contributed by atoms with Crippen molar-refractivity contribution in [1.82, 2.24) is 14.5 Å². The van der Waals surface area contributed by atoms with E-state index in [1.165, 1.54) is 12.1 Å². The molecule has 1 fully saturated rings. The quantitative estimate of drug-likeness (QED) is 0.536. The number of hydrogen-bond donors (Lipinski definition) is 0. The van der Waals surface area contributed by atoms with Crippen LogP contribution < -0.4 is 0 Å². The van der Waals surface area contributed by atoms with Crippen LogP contribution in [0.5, 0.6) is 0 Å². The highest BCUT2D eigenvalue weighted by Crippen LogP contribution is 2.26. The topological polar surface area (TPSA) is 64.4 Å². The summed E-state index contributed by atoms with van der Waals surface area (Å²) < 4.78 is 20.7. The minimum absolute atomic E-state index is 0.0212. The van der Waals surface area contributed by atoms with Crippen molar-refractivity contribution in [1.29, 1.82) is 0 Å². The van der Waals surface area contributed by atoms with Crippen LogP contribution in [0.3, 0.4) is 0 Å². The molecule has 0 spiro atoms. The van der Waals surface area contributed by atoms with Crippen LogP contribution in [0.1, 0.15) is 49.8 Å². The lowest BCUT2D eigenvalue weighted by molar-refractivity contribution is 0.0181. The number of carbonyl (C=O) groups is 2. The van der Waals surface area contributed by atoms with Crippen LogP contribution in [0.4, 0.5) is 9.18 Å². The van der Waals surface area contributed by atoms with Crippen LogP contribution in [0.15, 0.2) is 48.5 Å². The minimum atomic E-state index is -0.547. The van der Waals surface area contributed by atoms with Crippen LogP contribution in [0, 0.1) is 11.7 Å². The molecule has 0 saturated carbocycles. The van der Waals surface area contributed by atoms with Gasteiger partial charge in [-0.25, -0.2) is 14.2 Å². The zero-order chi connectivity index (χ0) is 22.9. The van der Waals surface area contributed by atoms with Gasteiger partial charge >= 0.3 is 6.09 Å². The number of imidazole rings is 1. The van der Waals surface area contributed by atoms with E-state index in [1.54, 1.807) is 17.0 Å². The van der Waals surface area contributed by atoms with Gasteiger partial charge < -0.3 is 14.2 Å². The second kappa shape index (κ2) is 8.73. The number of amides is 1. The summed E-state index contributed by atoms with van der Waals surface area (Å²) >= 11 is 0. The molecule has 3 aromatic rings. The Balaban J connectivity index is 1.54. The van der Waals surface area contributed by atoms with E-state index >= 15 is 0 Å². The molecule has 0 bridgehead atoms. The summed E-state index contributed by atoms with van der Waals surface area (Å²) in [6.45, 7) is 6.90. The molecule has 4 rings (SSSR count). The Kier molecular flexibility index (Phi) is 6.00. The number of ketones is 1. The van der Waals surface area contributed by atoms with Crippen molar-refractivity contribution in [3.63, 3.8) is 0 Å². The SMILES string of the molecule is CC(C)(C)OC(=O)N1CCC(C(=O)c2nc3ccccc3n2Cc2ccc(F)cc2)CC1. The van der Waals surface area contributed by atoms with Gasteiger partial charge in [-0.15, -0.1) is 0 Å². The van der Waals surface area contributed by atoms with Crippen molar-refractivity contribution in [2.75, 3.05) is 13.1 Å². The Morgan fingerprint density at radius 1 is 1.06 bits per heavy atom. The van der Waals surface area contributed by atoms with E-state index in [0.717, 1.165) is 16.6 Å². The standard InChI is InChI=1S/C25H28FN3O3/c1-25(2,3)32-24(31)28-14-12-18(13-15-28)22(30)23-27-20-6-4-5-7-21(20)29(23)16-17-8-10-19(26)11-9-17/h4-11,18H,12-16H2,1-3H3. The smallest absolute Gasteiger partial charge is 0.410 e. The van der Waals surface area contributed by atoms with Gasteiger partial charge in [0, 0.05) is 25.6 Å². The molecule has 2 heterocycles. The number of nitrogens with zero attached hydrogens (tertiary/aromatic N) is 3. The molecule has 0 aliphatic carbocycles. The van der Waals surface area contributed by atoms with Gasteiger partial charge in [0.25, 0.3) is 0 Å². The summed E-state index contributed by atoms with van der Waals surface area (Å²) in [6, 6.07) is 13.9. The fourth-order valence-electron chi connectivity index (χ4n) is 4.03. The number of para-hydroxylation sites is 2. The molecule has 6 nitrogen and oxygen atoms in total. The van der Waals surface area contributed by atoms with Gasteiger partial charge in [0.2, 0.25) is 5.78 Å². The van der Waals surface area contributed by atoms with E-state index < -0.39 is 5.60 Å². The third-order valence-electron chi connectivity index (χ3n) is 5.65. The van der Waals surface area contributed by atoms with Crippen molar-refractivity contribution in [3.05, 3.63) is 65.7 Å². The van der Waals surface area contributed by atoms with Crippen LogP contribution in [0.2, 0.25) is 0 Å². The molecule has 0 atom stereocenters. The van der Waals surface area contributed by atoms with Crippen molar-refractivity contribution < 1.29 is 18.7 Å². The van der Waals surface area contributed by atoms with Crippen LogP contribution >= 0.6 is 0 Å². The number of fused-ring (bicyclic) bond motifs is 1. The summed E-state index contributed by atoms with van der Waals surface area (Å²) in [7, 11) is 0. The Morgan fingerprint density at radius 2 is 1.72 bits per heavy atom. The summed E-state index contributed by atoms with van der Waals surface area (Å²) in [5, 5.41) is 0. The van der Waals surface area contributed by atoms with E-state index in [2.05, 4.69) is 4.98 Å². The van der Waals surface area contributed by atoms with E-state index in [0.29, 0.717) is 38.3 Å². The highest BCUT2D eigenvalue weighted by molar-refractivity contribution is 5.98. The molecule has 32 heavy (non-hydrogen) atoms. The Bertz CT molecular complexity index is 1120. The fourth-order valence-corrected chi connectivity index (χ4v) is 4.03. The molecular weight excluding hydrogens is 409 g/mol. The lowest BCUT2D eigenvalue weighted by Gasteiger charge is -2.32. The Labute approximate surface area is 187 Å². The van der Waals surface area contributed by atoms with Gasteiger partial charge in [-0.2, -0.15) is 0 Å². The van der Waals surface area contributed by atoms with Gasteiger partial charge in [0.15, 0.2) is 5.82 Å². The first-order chi connectivity index (χ1) is 15.2. The summed E-state index contributed by atoms with van der Waals surface area (Å²) in [5.74, 6) is -0.117. The first-order valence-electron chi connectivity index (χ1n) is 10.9. The number of halogens is 1. The zero-order valence-corrected chi connectivity index (χ0v) is 18.7. The summed E-state index contributed by atoms with van der Waals surface area (Å²) in [5.41, 5.74) is 1.97. The average molecular weight is 438 g/mol. The number of carbonyl (C=O) groups excluding carboxylic acids is 2. The van der Waals surface area contributed by atoms with Crippen LogP contribution in [0.25, 0.3) is 11.0 Å². The van der Waals surface area contributed by atoms with Gasteiger partial charge in [-0.3, -0.25) is 4.79 Å². The van der Waals surface area contributed by atoms with Crippen molar-refractivity contribution >= 4 is 22.9 Å². The van der Waals surface area contributed by atoms with Crippen molar-refractivity contribution in [2.24, 2.45) is 5.92 Å². The fraction of sp³-hybridized carbons (Fsp3) is 0.400. The molecule has 2 aromatic carbocycles. The maximum Gasteiger partial charge on any atom is 0.410 e. The highest BCUT2D eigenvalue weighted by atomic mass is 19.1. The van der Waals surface area contributed by atoms with E-state index in [4.69, 9.17) is 4.74 Å². The number of ether oxygens (including phenoxy) is 1. The van der Waals surface area contributed by atoms with Crippen molar-refractivity contribution in [2.45, 2.75) is 45.8 Å². The Hall–Kier alpha value is -3.22. The highest BCUT2D eigenvalue weighted by Gasteiger charge is 2.32. The van der Waals surface area contributed by atoms with E-state index in [9.17, 15) is 14.0 Å². The number of rotatable bonds is 4. The third kappa shape index (κ3) is 4.82. The normalized spacial score (nSPS) is 15.2. The monoisotopic (exact) mass is 437 g/mol. The lowest BCUT2D eigenvalue weighted by Crippen LogP contribution is -2.43. The first kappa shape index (κ1) is 22.0. The summed E-state index contributed by atoms with van der Waals surface area (Å²) in [6.07, 6.45) is 0.794. The number of piperidine rings is 1. The largest absolute Gasteiger partial charge is 0.444 e. The van der Waals surface area contributed by atoms with Crippen LogP contribution in [-0.4, -0.2) is 45.0 Å². The van der Waals surface area contributed by atoms with Gasteiger partial charge in [-0.05, 0) is 63.4 Å². The number of Topliss-reactive ketones (excluding diaryl/α,β-unsaturated/α-hetero) is 1. The number of hydrogen-bond acceptors (Lipinski definition) is 4. The number of benzene rings is 2. The molecule has 1 aromatic heterocycles. The third-order valence-corrected chi connectivity index (χ3v) is 5.65. The van der Waals surface area contributed by atoms with Gasteiger partial charge in [0.05, 0.1) is 11.0 Å². The van der Waals surface area contributed by atoms with Crippen LogP contribution in [-0.2, 0) is 11.3 Å². The second-order valence-corrected chi connectivity index (χ2v) is 9.24. The maximum absolute atomic E-state index is 13.5. The second-order valence-electron chi connectivity index (χ2n) is 9.24. The zero-order valence-electron chi connectivity index (χ0n) is 18.7. The predicted octanol–water partition coefficient (Wildman–Crippen LogP) is 5.05. The summed E-state index contributed by atoms with van der Waals surface area (Å²) in [4.78, 5) is 32.1. The molecule has 1 saturated heterocycles. The maximum atomic E-state index is 13.5. The molecule has 7 heteroatoms. The van der Waals surface area contributed by atoms with E-state index in [1.807, 2.05) is 49.6 Å². The lowest BCUT2D eigenvalue weighted by atomic mass is 9.92. The average Bonchev–Trinajstić information content (AvgIpc) is 3.12. The van der Waals surface area contributed by atoms with E-state index in [-0.39, 0.29) is 23.6 Å². The molecule has 0 unspecified atom stereocenters. The van der Waals surface area contributed by atoms with Gasteiger partial charge in [-0.1, -0.05) is 24.3 Å². The molecule has 1 aliphatic heterocycles. The Morgan fingerprint density at radius 3 is 2.38 bits per heavy atom. The number of likely N-dealkylation sites (tertiary alicyclic amines) is 1. The molecule has 1 aliphatic rings. The minimum Gasteiger partial charge on any atom is -0.444 e. The van der Waals surface area contributed by atoms with Crippen molar-refractivity contribution in [3.8, 4) is 0 Å². The molecule has 1 amide bonds.